The Morgan fingerprint density at radius 3 is 2.50 bits per heavy atom. The molecular weight excluding hydrogens is 308 g/mol. The first kappa shape index (κ1) is 19.5. The highest BCUT2D eigenvalue weighted by atomic mass is 16.2. The average Bonchev–Trinajstić information content (AvgIpc) is 2.52. The molecule has 7 nitrogen and oxygen atoms in total. The Hall–Kier alpha value is -2.57. The van der Waals surface area contributed by atoms with E-state index in [1.807, 2.05) is 6.07 Å². The van der Waals surface area contributed by atoms with Crippen molar-refractivity contribution in [3.8, 4) is 0 Å². The number of hydrogen-bond donors (Lipinski definition) is 3. The zero-order valence-electron chi connectivity index (χ0n) is 14.3. The molecule has 1 rings (SSSR count). The van der Waals surface area contributed by atoms with E-state index in [1.165, 1.54) is 6.42 Å². The number of carbonyl (C=O) groups excluding carboxylic acids is 3. The molecule has 7 heteroatoms. The molecule has 24 heavy (non-hydrogen) atoms. The third kappa shape index (κ3) is 5.91. The fourth-order valence-electron chi connectivity index (χ4n) is 1.86. The van der Waals surface area contributed by atoms with Gasteiger partial charge in [0.15, 0.2) is 0 Å². The molecule has 0 saturated carbocycles. The number of nitrogens with two attached hydrogens (primary N) is 2. The molecule has 0 spiro atoms. The van der Waals surface area contributed by atoms with Crippen LogP contribution in [0.4, 0.5) is 5.69 Å². The molecular formula is C17H25N4O3. The molecule has 0 fully saturated rings. The molecule has 0 aliphatic rings. The van der Waals surface area contributed by atoms with Crippen LogP contribution in [0.25, 0.3) is 0 Å². The van der Waals surface area contributed by atoms with Crippen molar-refractivity contribution in [2.75, 3.05) is 25.5 Å². The van der Waals surface area contributed by atoms with Crippen LogP contribution < -0.4 is 16.8 Å². The molecule has 5 N–H and O–H groups in total. The van der Waals surface area contributed by atoms with Crippen LogP contribution in [-0.4, -0.2) is 42.8 Å². The normalized spacial score (nSPS) is 11.0. The molecule has 0 saturated heterocycles. The second kappa shape index (κ2) is 8.33. The van der Waals surface area contributed by atoms with Crippen LogP contribution in [0, 0.1) is 11.8 Å². The van der Waals surface area contributed by atoms with Gasteiger partial charge in [0.05, 0.1) is 6.42 Å². The molecule has 1 aromatic carbocycles. The van der Waals surface area contributed by atoms with Gasteiger partial charge in [0, 0.05) is 36.8 Å². The molecule has 3 amide bonds. The van der Waals surface area contributed by atoms with Crippen molar-refractivity contribution in [2.45, 2.75) is 20.3 Å². The van der Waals surface area contributed by atoms with Crippen LogP contribution in [-0.2, 0) is 9.59 Å². The summed E-state index contributed by atoms with van der Waals surface area (Å²) < 4.78 is 0. The topological polar surface area (TPSA) is 119 Å². The summed E-state index contributed by atoms with van der Waals surface area (Å²) >= 11 is 0. The van der Waals surface area contributed by atoms with Crippen LogP contribution in [0.3, 0.4) is 0 Å². The largest absolute Gasteiger partial charge is 0.383 e. The van der Waals surface area contributed by atoms with Gasteiger partial charge in [0.1, 0.15) is 0 Å². The van der Waals surface area contributed by atoms with Gasteiger partial charge in [0.2, 0.25) is 17.7 Å². The Morgan fingerprint density at radius 2 is 1.92 bits per heavy atom. The van der Waals surface area contributed by atoms with Crippen molar-refractivity contribution in [3.05, 3.63) is 36.2 Å². The molecule has 0 aliphatic carbocycles. The van der Waals surface area contributed by atoms with Gasteiger partial charge in [-0.1, -0.05) is 19.9 Å². The molecule has 0 aliphatic heterocycles. The maximum absolute atomic E-state index is 12.0. The summed E-state index contributed by atoms with van der Waals surface area (Å²) in [6.45, 7) is 4.38. The van der Waals surface area contributed by atoms with E-state index in [9.17, 15) is 14.4 Å². The molecule has 0 unspecified atom stereocenters. The van der Waals surface area contributed by atoms with E-state index >= 15 is 0 Å². The Balaban J connectivity index is 2.42. The minimum Gasteiger partial charge on any atom is -0.383 e. The third-order valence-electron chi connectivity index (χ3n) is 3.75. The third-order valence-corrected chi connectivity index (χ3v) is 3.75. The number of hydrogen-bond acceptors (Lipinski definition) is 4. The van der Waals surface area contributed by atoms with Crippen LogP contribution >= 0.6 is 0 Å². The predicted molar refractivity (Wildman–Crippen MR) is 93.0 cm³/mol. The van der Waals surface area contributed by atoms with E-state index in [4.69, 9.17) is 11.5 Å². The lowest BCUT2D eigenvalue weighted by Gasteiger charge is -2.22. The second-order valence-corrected chi connectivity index (χ2v) is 6.29. The van der Waals surface area contributed by atoms with Crippen LogP contribution in [0.1, 0.15) is 30.6 Å². The summed E-state index contributed by atoms with van der Waals surface area (Å²) in [7, 11) is 1.68. The Kier molecular flexibility index (Phi) is 6.76. The van der Waals surface area contributed by atoms with Gasteiger partial charge < -0.3 is 21.7 Å². The lowest BCUT2D eigenvalue weighted by molar-refractivity contribution is -0.128. The number of amides is 3. The number of anilines is 1. The van der Waals surface area contributed by atoms with Gasteiger partial charge in [-0.2, -0.15) is 0 Å². The molecule has 131 valence electrons. The molecule has 0 atom stereocenters. The van der Waals surface area contributed by atoms with Gasteiger partial charge in [0.25, 0.3) is 0 Å². The Bertz CT molecular complexity index is 614. The van der Waals surface area contributed by atoms with E-state index in [1.54, 1.807) is 44.0 Å². The smallest absolute Gasteiger partial charge is 0.248 e. The zero-order valence-corrected chi connectivity index (χ0v) is 14.3. The Labute approximate surface area is 142 Å². The second-order valence-electron chi connectivity index (χ2n) is 6.29. The van der Waals surface area contributed by atoms with E-state index in [-0.39, 0.29) is 5.91 Å². The van der Waals surface area contributed by atoms with Gasteiger partial charge in [-0.25, -0.2) is 0 Å². The molecule has 1 aromatic rings. The highest BCUT2D eigenvalue weighted by molar-refractivity contribution is 5.93. The fraction of sp³-hybridized carbons (Fsp3) is 0.412. The number of nitrogens with zero attached hydrogens (tertiary/aromatic N) is 1. The lowest BCUT2D eigenvalue weighted by Crippen LogP contribution is -2.35. The van der Waals surface area contributed by atoms with E-state index < -0.39 is 17.2 Å². The summed E-state index contributed by atoms with van der Waals surface area (Å²) in [5.41, 5.74) is 10.9. The van der Waals surface area contributed by atoms with Gasteiger partial charge in [-0.3, -0.25) is 14.4 Å². The first-order valence-electron chi connectivity index (χ1n) is 7.65. The van der Waals surface area contributed by atoms with Crippen LogP contribution in [0.15, 0.2) is 24.3 Å². The van der Waals surface area contributed by atoms with Gasteiger partial charge in [-0.05, 0) is 24.6 Å². The van der Waals surface area contributed by atoms with Crippen molar-refractivity contribution in [2.24, 2.45) is 16.9 Å². The van der Waals surface area contributed by atoms with Gasteiger partial charge >= 0.3 is 0 Å². The average molecular weight is 333 g/mol. The number of benzene rings is 1. The molecule has 1 radical (unpaired) electrons. The van der Waals surface area contributed by atoms with Crippen LogP contribution in [0.5, 0.6) is 0 Å². The molecule has 0 aromatic heterocycles. The number of carbonyl (C=O) groups is 3. The highest BCUT2D eigenvalue weighted by Crippen LogP contribution is 2.21. The summed E-state index contributed by atoms with van der Waals surface area (Å²) in [5, 5.41) is 3.13. The van der Waals surface area contributed by atoms with E-state index in [0.29, 0.717) is 25.1 Å². The first-order valence-corrected chi connectivity index (χ1v) is 7.65. The Morgan fingerprint density at radius 1 is 1.25 bits per heavy atom. The predicted octanol–water partition coefficient (Wildman–Crippen LogP) is 0.762. The number of likely N-dealkylation sites (N-methyl/N-ethyl adjacent to an activating group) is 1. The van der Waals surface area contributed by atoms with Crippen molar-refractivity contribution in [3.63, 3.8) is 0 Å². The quantitative estimate of drug-likeness (QED) is 0.618. The monoisotopic (exact) mass is 333 g/mol. The lowest BCUT2D eigenvalue weighted by atomic mass is 9.87. The summed E-state index contributed by atoms with van der Waals surface area (Å²) in [5.74, 6) is -1.10. The molecule has 0 heterocycles. The summed E-state index contributed by atoms with van der Waals surface area (Å²) in [6.07, 6.45) is 1.76. The van der Waals surface area contributed by atoms with Crippen molar-refractivity contribution >= 4 is 23.4 Å². The highest BCUT2D eigenvalue weighted by Gasteiger charge is 2.26. The fourth-order valence-corrected chi connectivity index (χ4v) is 1.86. The minimum atomic E-state index is -0.746. The van der Waals surface area contributed by atoms with Crippen molar-refractivity contribution < 1.29 is 14.4 Å². The van der Waals surface area contributed by atoms with E-state index in [0.717, 1.165) is 5.69 Å². The standard InChI is InChI=1S/C17H25N4O3/c1-17(2,16(19)24)8-7-14(22)21(3)10-9-20-13-6-4-5-12(11-13)15(18)23/h4-7,11,20H,8-10H2,1-3H3,(H2,18,23)(H2,19,24). The maximum atomic E-state index is 12.0. The SMILES string of the molecule is CN(CCNc1cccc(C(N)=O)c1)C(=O)[CH]CC(C)(C)C(N)=O. The number of primary amides is 2. The summed E-state index contributed by atoms with van der Waals surface area (Å²) in [6, 6.07) is 6.84. The number of nitrogens with one attached hydrogen (secondary N) is 1. The van der Waals surface area contributed by atoms with Crippen molar-refractivity contribution in [1.82, 2.24) is 4.90 Å². The van der Waals surface area contributed by atoms with Crippen LogP contribution in [0.2, 0.25) is 0 Å². The minimum absolute atomic E-state index is 0.169. The van der Waals surface area contributed by atoms with Gasteiger partial charge in [-0.15, -0.1) is 0 Å². The summed E-state index contributed by atoms with van der Waals surface area (Å²) in [4.78, 5) is 35.9. The van der Waals surface area contributed by atoms with E-state index in [2.05, 4.69) is 5.32 Å². The zero-order chi connectivity index (χ0) is 18.3. The van der Waals surface area contributed by atoms with Crippen molar-refractivity contribution in [1.29, 1.82) is 0 Å². The maximum Gasteiger partial charge on any atom is 0.248 e. The molecule has 0 bridgehead atoms. The number of rotatable bonds is 9. The first-order chi connectivity index (χ1) is 11.1.